The molecular formula is C18H16FNO6S. The summed E-state index contributed by atoms with van der Waals surface area (Å²) in [4.78, 5) is 10.7. The van der Waals surface area contributed by atoms with Crippen LogP contribution in [0.4, 0.5) is 10.1 Å². The van der Waals surface area contributed by atoms with Gasteiger partial charge in [0.05, 0.1) is 16.1 Å². The number of benzene rings is 2. The molecule has 2 aromatic rings. The number of carboxylic acid groups (broad SMARTS) is 1. The average molecular weight is 393 g/mol. The molecule has 2 aliphatic rings. The van der Waals surface area contributed by atoms with Gasteiger partial charge in [0, 0.05) is 18.9 Å². The third kappa shape index (κ3) is 3.18. The molecule has 0 saturated heterocycles. The lowest BCUT2D eigenvalue weighted by atomic mass is 10.2. The van der Waals surface area contributed by atoms with Gasteiger partial charge in [-0.25, -0.2) is 17.6 Å². The van der Waals surface area contributed by atoms with Gasteiger partial charge in [0.15, 0.2) is 11.5 Å². The van der Waals surface area contributed by atoms with E-state index in [1.54, 1.807) is 6.07 Å². The van der Waals surface area contributed by atoms with Gasteiger partial charge < -0.3 is 14.6 Å². The Balaban J connectivity index is 1.60. The minimum Gasteiger partial charge on any atom is -0.478 e. The second kappa shape index (κ2) is 6.12. The smallest absolute Gasteiger partial charge is 0.338 e. The number of nitrogens with one attached hydrogen (secondary N) is 1. The van der Waals surface area contributed by atoms with E-state index in [4.69, 9.17) is 14.6 Å². The molecule has 1 fully saturated rings. The van der Waals surface area contributed by atoms with Crippen LogP contribution in [0.25, 0.3) is 0 Å². The standard InChI is InChI=1S/C18H16FNO6S/c19-14-5-4-12(10-13(14)17(21)22)27(23,24)20-11-3-6-15-16(9-11)26-18(25-15)7-1-2-8-18/h3-6,9-10,20H,1-2,7-8H2,(H,21,22). The van der Waals surface area contributed by atoms with Crippen LogP contribution >= 0.6 is 0 Å². The molecular weight excluding hydrogens is 377 g/mol. The lowest BCUT2D eigenvalue weighted by Gasteiger charge is -2.21. The first-order valence-electron chi connectivity index (χ1n) is 8.36. The van der Waals surface area contributed by atoms with Crippen molar-refractivity contribution in [3.63, 3.8) is 0 Å². The fraction of sp³-hybridized carbons (Fsp3) is 0.278. The number of ether oxygens (including phenoxy) is 2. The molecule has 1 aliphatic heterocycles. The van der Waals surface area contributed by atoms with Crippen molar-refractivity contribution < 1.29 is 32.2 Å². The molecule has 0 amide bonds. The van der Waals surface area contributed by atoms with Gasteiger partial charge in [0.1, 0.15) is 5.82 Å². The Morgan fingerprint density at radius 2 is 1.78 bits per heavy atom. The molecule has 1 saturated carbocycles. The van der Waals surface area contributed by atoms with E-state index in [0.29, 0.717) is 11.5 Å². The van der Waals surface area contributed by atoms with Crippen molar-refractivity contribution in [1.29, 1.82) is 0 Å². The molecule has 9 heteroatoms. The van der Waals surface area contributed by atoms with Gasteiger partial charge in [0.2, 0.25) is 0 Å². The fourth-order valence-corrected chi connectivity index (χ4v) is 4.40. The second-order valence-corrected chi connectivity index (χ2v) is 8.22. The summed E-state index contributed by atoms with van der Waals surface area (Å²) in [5.41, 5.74) is -0.486. The lowest BCUT2D eigenvalue weighted by Crippen LogP contribution is -2.34. The number of anilines is 1. The van der Waals surface area contributed by atoms with E-state index >= 15 is 0 Å². The van der Waals surface area contributed by atoms with Gasteiger partial charge in [-0.15, -0.1) is 0 Å². The highest BCUT2D eigenvalue weighted by atomic mass is 32.2. The van der Waals surface area contributed by atoms with Gasteiger partial charge >= 0.3 is 5.97 Å². The summed E-state index contributed by atoms with van der Waals surface area (Å²) in [6.07, 6.45) is 3.56. The van der Waals surface area contributed by atoms with Crippen LogP contribution < -0.4 is 14.2 Å². The van der Waals surface area contributed by atoms with Crippen LogP contribution in [0.3, 0.4) is 0 Å². The Morgan fingerprint density at radius 1 is 1.07 bits per heavy atom. The topological polar surface area (TPSA) is 102 Å². The zero-order valence-electron chi connectivity index (χ0n) is 14.1. The molecule has 2 N–H and O–H groups in total. The molecule has 0 aromatic heterocycles. The lowest BCUT2D eigenvalue weighted by molar-refractivity contribution is -0.0716. The normalized spacial score (nSPS) is 17.2. The summed E-state index contributed by atoms with van der Waals surface area (Å²) in [5, 5.41) is 8.97. The van der Waals surface area contributed by atoms with E-state index in [1.165, 1.54) is 12.1 Å². The first-order valence-corrected chi connectivity index (χ1v) is 9.84. The molecule has 1 aliphatic carbocycles. The summed E-state index contributed by atoms with van der Waals surface area (Å²) in [5.74, 6) is -2.22. The highest BCUT2D eigenvalue weighted by molar-refractivity contribution is 7.92. The van der Waals surface area contributed by atoms with Gasteiger partial charge in [-0.3, -0.25) is 4.72 Å². The quantitative estimate of drug-likeness (QED) is 0.826. The molecule has 0 bridgehead atoms. The van der Waals surface area contributed by atoms with Crippen molar-refractivity contribution in [2.75, 3.05) is 4.72 Å². The largest absolute Gasteiger partial charge is 0.478 e. The van der Waals surface area contributed by atoms with E-state index in [-0.39, 0.29) is 10.6 Å². The third-order valence-electron chi connectivity index (χ3n) is 4.63. The Hall–Kier alpha value is -2.81. The molecule has 0 unspecified atom stereocenters. The Kier molecular flexibility index (Phi) is 3.99. The molecule has 0 radical (unpaired) electrons. The van der Waals surface area contributed by atoms with Gasteiger partial charge in [-0.05, 0) is 43.2 Å². The Bertz CT molecular complexity index is 1030. The minimum absolute atomic E-state index is 0.230. The Morgan fingerprint density at radius 3 is 2.48 bits per heavy atom. The van der Waals surface area contributed by atoms with E-state index < -0.39 is 33.2 Å². The maximum atomic E-state index is 13.5. The molecule has 7 nitrogen and oxygen atoms in total. The molecule has 1 heterocycles. The predicted octanol–water partition coefficient (Wildman–Crippen LogP) is 3.37. The van der Waals surface area contributed by atoms with Crippen LogP contribution in [-0.4, -0.2) is 25.3 Å². The highest BCUT2D eigenvalue weighted by Gasteiger charge is 2.44. The molecule has 2 aromatic carbocycles. The van der Waals surface area contributed by atoms with Crippen molar-refractivity contribution in [2.24, 2.45) is 0 Å². The maximum absolute atomic E-state index is 13.5. The monoisotopic (exact) mass is 393 g/mol. The summed E-state index contributed by atoms with van der Waals surface area (Å²) < 4.78 is 52.7. The second-order valence-electron chi connectivity index (χ2n) is 6.54. The number of halogens is 1. The average Bonchev–Trinajstić information content (AvgIpc) is 3.20. The van der Waals surface area contributed by atoms with Gasteiger partial charge in [0.25, 0.3) is 15.8 Å². The van der Waals surface area contributed by atoms with Gasteiger partial charge in [-0.2, -0.15) is 0 Å². The summed E-state index contributed by atoms with van der Waals surface area (Å²) in [6.45, 7) is 0. The molecule has 0 atom stereocenters. The van der Waals surface area contributed by atoms with E-state index in [0.717, 1.165) is 43.9 Å². The predicted molar refractivity (Wildman–Crippen MR) is 93.1 cm³/mol. The van der Waals surface area contributed by atoms with Crippen molar-refractivity contribution in [3.8, 4) is 11.5 Å². The maximum Gasteiger partial charge on any atom is 0.338 e. The van der Waals surface area contributed by atoms with Crippen LogP contribution in [0, 0.1) is 5.82 Å². The van der Waals surface area contributed by atoms with E-state index in [2.05, 4.69) is 4.72 Å². The van der Waals surface area contributed by atoms with Crippen molar-refractivity contribution in [3.05, 3.63) is 47.8 Å². The number of carbonyl (C=O) groups is 1. The van der Waals surface area contributed by atoms with E-state index in [9.17, 15) is 17.6 Å². The van der Waals surface area contributed by atoms with Gasteiger partial charge in [-0.1, -0.05) is 0 Å². The third-order valence-corrected chi connectivity index (χ3v) is 6.01. The van der Waals surface area contributed by atoms with Crippen LogP contribution in [0.2, 0.25) is 0 Å². The first-order chi connectivity index (χ1) is 12.8. The molecule has 142 valence electrons. The first kappa shape index (κ1) is 17.6. The number of sulfonamides is 1. The number of aromatic carboxylic acids is 1. The Labute approximate surface area is 154 Å². The number of fused-ring (bicyclic) bond motifs is 1. The van der Waals surface area contributed by atoms with Crippen LogP contribution in [0.5, 0.6) is 11.5 Å². The number of carboxylic acids is 1. The molecule has 1 spiro atoms. The fourth-order valence-electron chi connectivity index (χ4n) is 3.32. The van der Waals surface area contributed by atoms with Crippen molar-refractivity contribution in [2.45, 2.75) is 36.4 Å². The zero-order valence-corrected chi connectivity index (χ0v) is 14.9. The van der Waals surface area contributed by atoms with Crippen molar-refractivity contribution in [1.82, 2.24) is 0 Å². The number of hydrogen-bond acceptors (Lipinski definition) is 5. The minimum atomic E-state index is -4.11. The van der Waals surface area contributed by atoms with Crippen LogP contribution in [0.15, 0.2) is 41.3 Å². The molecule has 4 rings (SSSR count). The SMILES string of the molecule is O=C(O)c1cc(S(=O)(=O)Nc2ccc3c(c2)OC2(CCCC2)O3)ccc1F. The van der Waals surface area contributed by atoms with Crippen LogP contribution in [-0.2, 0) is 10.0 Å². The number of rotatable bonds is 4. The van der Waals surface area contributed by atoms with E-state index in [1.807, 2.05) is 0 Å². The zero-order chi connectivity index (χ0) is 19.2. The van der Waals surface area contributed by atoms with Crippen LogP contribution in [0.1, 0.15) is 36.0 Å². The molecule has 27 heavy (non-hydrogen) atoms. The van der Waals surface area contributed by atoms with Crippen molar-refractivity contribution >= 4 is 21.7 Å². The number of hydrogen-bond donors (Lipinski definition) is 2. The summed E-state index contributed by atoms with van der Waals surface area (Å²) >= 11 is 0. The summed E-state index contributed by atoms with van der Waals surface area (Å²) in [7, 11) is -4.11. The summed E-state index contributed by atoms with van der Waals surface area (Å²) in [6, 6.07) is 7.25. The highest BCUT2D eigenvalue weighted by Crippen LogP contribution is 2.47.